The van der Waals surface area contributed by atoms with Crippen LogP contribution < -0.4 is 15.4 Å². The maximum absolute atomic E-state index is 13.0. The van der Waals surface area contributed by atoms with E-state index >= 15 is 0 Å². The largest absolute Gasteiger partial charge is 0.497 e. The fourth-order valence-electron chi connectivity index (χ4n) is 3.46. The summed E-state index contributed by atoms with van der Waals surface area (Å²) in [5.41, 5.74) is 4.56. The lowest BCUT2D eigenvalue weighted by atomic mass is 9.99. The molecule has 0 fully saturated rings. The third-order valence-corrected chi connectivity index (χ3v) is 4.95. The highest BCUT2D eigenvalue weighted by Gasteiger charge is 2.29. The van der Waals surface area contributed by atoms with E-state index in [4.69, 9.17) is 9.47 Å². The van der Waals surface area contributed by atoms with Crippen LogP contribution in [0.15, 0.2) is 72.8 Å². The Bertz CT molecular complexity index is 1150. The molecule has 0 saturated heterocycles. The maximum atomic E-state index is 13.0. The first-order valence-electron chi connectivity index (χ1n) is 9.94. The van der Waals surface area contributed by atoms with E-state index in [1.54, 1.807) is 32.2 Å². The molecule has 0 unspecified atom stereocenters. The molecule has 1 aliphatic rings. The van der Waals surface area contributed by atoms with Gasteiger partial charge in [0.05, 0.1) is 36.2 Å². The first-order valence-corrected chi connectivity index (χ1v) is 9.94. The Morgan fingerprint density at radius 3 is 2.39 bits per heavy atom. The van der Waals surface area contributed by atoms with Crippen LogP contribution in [0.4, 0.5) is 11.4 Å². The number of amides is 1. The number of ether oxygens (including phenoxy) is 2. The Morgan fingerprint density at radius 2 is 1.71 bits per heavy atom. The minimum atomic E-state index is -0.420. The van der Waals surface area contributed by atoms with Gasteiger partial charge in [0.15, 0.2) is 0 Å². The molecular formula is C25H22N2O4. The third kappa shape index (κ3) is 4.14. The van der Waals surface area contributed by atoms with Crippen LogP contribution in [0.5, 0.6) is 5.75 Å². The van der Waals surface area contributed by atoms with Crippen molar-refractivity contribution in [3.63, 3.8) is 0 Å². The van der Waals surface area contributed by atoms with Crippen molar-refractivity contribution in [3.05, 3.63) is 89.5 Å². The van der Waals surface area contributed by atoms with Gasteiger partial charge in [0.25, 0.3) is 5.91 Å². The highest BCUT2D eigenvalue weighted by molar-refractivity contribution is 6.37. The van der Waals surface area contributed by atoms with Crippen molar-refractivity contribution in [1.29, 1.82) is 0 Å². The number of hydrogen-bond donors (Lipinski definition) is 2. The Balaban J connectivity index is 1.81. The van der Waals surface area contributed by atoms with Crippen molar-refractivity contribution >= 4 is 34.5 Å². The van der Waals surface area contributed by atoms with E-state index in [1.165, 1.54) is 0 Å². The van der Waals surface area contributed by atoms with Crippen LogP contribution in [0.1, 0.15) is 28.4 Å². The molecular weight excluding hydrogens is 392 g/mol. The Hall–Kier alpha value is -4.06. The van der Waals surface area contributed by atoms with E-state index in [1.807, 2.05) is 54.6 Å². The van der Waals surface area contributed by atoms with Gasteiger partial charge in [-0.15, -0.1) is 0 Å². The molecule has 0 aromatic heterocycles. The first-order chi connectivity index (χ1) is 15.1. The van der Waals surface area contributed by atoms with E-state index in [9.17, 15) is 9.59 Å². The normalized spacial score (nSPS) is 13.8. The first kappa shape index (κ1) is 20.2. The quantitative estimate of drug-likeness (QED) is 0.447. The zero-order valence-corrected chi connectivity index (χ0v) is 17.3. The van der Waals surface area contributed by atoms with Gasteiger partial charge in [-0.2, -0.15) is 0 Å². The van der Waals surface area contributed by atoms with Gasteiger partial charge in [-0.25, -0.2) is 4.79 Å². The number of fused-ring (bicyclic) bond motifs is 1. The van der Waals surface area contributed by atoms with Gasteiger partial charge < -0.3 is 20.1 Å². The van der Waals surface area contributed by atoms with Crippen molar-refractivity contribution in [3.8, 4) is 5.75 Å². The zero-order valence-electron chi connectivity index (χ0n) is 17.3. The molecule has 0 radical (unpaired) electrons. The van der Waals surface area contributed by atoms with Crippen LogP contribution >= 0.6 is 0 Å². The third-order valence-electron chi connectivity index (χ3n) is 4.95. The predicted octanol–water partition coefficient (Wildman–Crippen LogP) is 4.80. The summed E-state index contributed by atoms with van der Waals surface area (Å²) in [7, 11) is 1.62. The van der Waals surface area contributed by atoms with Crippen LogP contribution in [0, 0.1) is 0 Å². The second-order valence-corrected chi connectivity index (χ2v) is 6.90. The monoisotopic (exact) mass is 414 g/mol. The summed E-state index contributed by atoms with van der Waals surface area (Å²) in [5.74, 6) is 0.0856. The molecule has 0 aliphatic carbocycles. The van der Waals surface area contributed by atoms with Crippen molar-refractivity contribution in [2.45, 2.75) is 6.92 Å². The molecule has 2 N–H and O–H groups in total. The Kier molecular flexibility index (Phi) is 5.71. The standard InChI is InChI=1S/C25H22N2O4/c1-3-31-25(29)17-9-14-20-21(15-17)27-24(28)22(20)23(16-7-5-4-6-8-16)26-18-10-12-19(30-2)13-11-18/h4-15,26H,3H2,1-2H3,(H,27,28). The summed E-state index contributed by atoms with van der Waals surface area (Å²) in [5, 5.41) is 6.26. The molecule has 0 spiro atoms. The Morgan fingerprint density at radius 1 is 0.968 bits per heavy atom. The predicted molar refractivity (Wildman–Crippen MR) is 121 cm³/mol. The number of hydrogen-bond acceptors (Lipinski definition) is 5. The summed E-state index contributed by atoms with van der Waals surface area (Å²) in [6.07, 6.45) is 0. The fraction of sp³-hybridized carbons (Fsp3) is 0.120. The molecule has 3 aromatic rings. The van der Waals surface area contributed by atoms with E-state index in [0.717, 1.165) is 22.6 Å². The van der Waals surface area contributed by atoms with Crippen molar-refractivity contribution in [1.82, 2.24) is 0 Å². The van der Waals surface area contributed by atoms with Crippen LogP contribution in [0.2, 0.25) is 0 Å². The molecule has 1 amide bonds. The van der Waals surface area contributed by atoms with Crippen molar-refractivity contribution in [2.75, 3.05) is 24.4 Å². The summed E-state index contributed by atoms with van der Waals surface area (Å²) in [6.45, 7) is 2.04. The highest BCUT2D eigenvalue weighted by atomic mass is 16.5. The number of carbonyl (C=O) groups excluding carboxylic acids is 2. The highest BCUT2D eigenvalue weighted by Crippen LogP contribution is 2.38. The molecule has 1 heterocycles. The average molecular weight is 414 g/mol. The van der Waals surface area contributed by atoms with Gasteiger partial charge >= 0.3 is 5.97 Å². The fourth-order valence-corrected chi connectivity index (χ4v) is 3.46. The molecule has 31 heavy (non-hydrogen) atoms. The zero-order chi connectivity index (χ0) is 21.8. The van der Waals surface area contributed by atoms with Gasteiger partial charge in [-0.05, 0) is 48.9 Å². The second-order valence-electron chi connectivity index (χ2n) is 6.90. The molecule has 3 aromatic carbocycles. The Labute approximate surface area is 180 Å². The number of rotatable bonds is 6. The number of benzene rings is 3. The van der Waals surface area contributed by atoms with Gasteiger partial charge in [0, 0.05) is 11.3 Å². The molecule has 0 bridgehead atoms. The smallest absolute Gasteiger partial charge is 0.338 e. The number of carbonyl (C=O) groups is 2. The SMILES string of the molecule is CCOC(=O)c1ccc2c(c1)NC(=O)C2=C(Nc1ccc(OC)cc1)c1ccccc1. The van der Waals surface area contributed by atoms with Gasteiger partial charge in [0.2, 0.25) is 0 Å². The lowest BCUT2D eigenvalue weighted by molar-refractivity contribution is -0.110. The summed E-state index contributed by atoms with van der Waals surface area (Å²) < 4.78 is 10.3. The van der Waals surface area contributed by atoms with Gasteiger partial charge in [0.1, 0.15) is 5.75 Å². The second kappa shape index (κ2) is 8.75. The average Bonchev–Trinajstić information content (AvgIpc) is 3.13. The van der Waals surface area contributed by atoms with Crippen molar-refractivity contribution < 1.29 is 19.1 Å². The molecule has 6 nitrogen and oxygen atoms in total. The van der Waals surface area contributed by atoms with E-state index in [-0.39, 0.29) is 12.5 Å². The van der Waals surface area contributed by atoms with Crippen LogP contribution in [0.25, 0.3) is 11.3 Å². The molecule has 0 saturated carbocycles. The van der Waals surface area contributed by atoms with E-state index < -0.39 is 5.97 Å². The van der Waals surface area contributed by atoms with E-state index in [2.05, 4.69) is 10.6 Å². The number of esters is 1. The molecule has 0 atom stereocenters. The van der Waals surface area contributed by atoms with Crippen molar-refractivity contribution in [2.24, 2.45) is 0 Å². The van der Waals surface area contributed by atoms with Gasteiger partial charge in [-0.1, -0.05) is 36.4 Å². The maximum Gasteiger partial charge on any atom is 0.338 e. The summed E-state index contributed by atoms with van der Waals surface area (Å²) in [4.78, 5) is 25.1. The molecule has 1 aliphatic heterocycles. The minimum absolute atomic E-state index is 0.240. The number of nitrogens with one attached hydrogen (secondary N) is 2. The molecule has 4 rings (SSSR count). The number of methoxy groups -OCH3 is 1. The molecule has 6 heteroatoms. The summed E-state index contributed by atoms with van der Waals surface area (Å²) in [6, 6.07) is 22.2. The lowest BCUT2D eigenvalue weighted by Gasteiger charge is -2.15. The minimum Gasteiger partial charge on any atom is -0.497 e. The van der Waals surface area contributed by atoms with Crippen LogP contribution in [0.3, 0.4) is 0 Å². The topological polar surface area (TPSA) is 76.7 Å². The summed E-state index contributed by atoms with van der Waals surface area (Å²) >= 11 is 0. The number of anilines is 2. The lowest BCUT2D eigenvalue weighted by Crippen LogP contribution is -2.10. The van der Waals surface area contributed by atoms with E-state index in [0.29, 0.717) is 22.5 Å². The molecule has 156 valence electrons. The van der Waals surface area contributed by atoms with Gasteiger partial charge in [-0.3, -0.25) is 4.79 Å². The van der Waals surface area contributed by atoms with Crippen LogP contribution in [-0.2, 0) is 9.53 Å². The van der Waals surface area contributed by atoms with Crippen LogP contribution in [-0.4, -0.2) is 25.6 Å².